The van der Waals surface area contributed by atoms with E-state index in [-0.39, 0.29) is 5.78 Å². The predicted octanol–water partition coefficient (Wildman–Crippen LogP) is 3.83. The summed E-state index contributed by atoms with van der Waals surface area (Å²) in [4.78, 5) is 14.2. The molecule has 5 heteroatoms. The van der Waals surface area contributed by atoms with Crippen LogP contribution in [0.25, 0.3) is 0 Å². The van der Waals surface area contributed by atoms with E-state index < -0.39 is 0 Å². The summed E-state index contributed by atoms with van der Waals surface area (Å²) in [5.74, 6) is 0.877. The number of rotatable bonds is 6. The monoisotopic (exact) mass is 353 g/mol. The standard InChI is InChI=1S/C15H16BrNO2S/c1-17(8-11-7-15(16)20-10-11)9-14(18)12-3-5-13(19-2)6-4-12/h3-7,10H,8-9H2,1-2H3. The zero-order valence-electron chi connectivity index (χ0n) is 11.4. The molecule has 0 aliphatic rings. The quantitative estimate of drug-likeness (QED) is 0.739. The van der Waals surface area contributed by atoms with E-state index in [9.17, 15) is 4.79 Å². The molecule has 0 aliphatic carbocycles. The first kappa shape index (κ1) is 15.2. The van der Waals surface area contributed by atoms with Gasteiger partial charge in [0.15, 0.2) is 5.78 Å². The minimum absolute atomic E-state index is 0.115. The summed E-state index contributed by atoms with van der Waals surface area (Å²) in [6.45, 7) is 1.17. The number of hydrogen-bond acceptors (Lipinski definition) is 4. The average molecular weight is 354 g/mol. The first-order valence-electron chi connectivity index (χ1n) is 6.17. The maximum atomic E-state index is 12.2. The molecule has 0 amide bonds. The van der Waals surface area contributed by atoms with Crippen molar-refractivity contribution in [3.8, 4) is 5.75 Å². The number of halogens is 1. The van der Waals surface area contributed by atoms with E-state index >= 15 is 0 Å². The van der Waals surface area contributed by atoms with E-state index in [4.69, 9.17) is 4.74 Å². The van der Waals surface area contributed by atoms with Gasteiger partial charge in [0.25, 0.3) is 0 Å². The van der Waals surface area contributed by atoms with Crippen molar-refractivity contribution in [3.63, 3.8) is 0 Å². The molecule has 1 heterocycles. The highest BCUT2D eigenvalue weighted by Gasteiger charge is 2.10. The van der Waals surface area contributed by atoms with Crippen molar-refractivity contribution < 1.29 is 9.53 Å². The molecule has 0 fully saturated rings. The lowest BCUT2D eigenvalue weighted by molar-refractivity contribution is 0.0943. The molecule has 0 radical (unpaired) electrons. The predicted molar refractivity (Wildman–Crippen MR) is 85.7 cm³/mol. The fourth-order valence-electron chi connectivity index (χ4n) is 1.91. The molecule has 106 valence electrons. The Kier molecular flexibility index (Phi) is 5.34. The number of thiophene rings is 1. The minimum Gasteiger partial charge on any atom is -0.497 e. The van der Waals surface area contributed by atoms with Crippen LogP contribution in [0.4, 0.5) is 0 Å². The summed E-state index contributed by atoms with van der Waals surface area (Å²) in [7, 11) is 3.57. The molecule has 0 aliphatic heterocycles. The maximum Gasteiger partial charge on any atom is 0.176 e. The molecule has 2 rings (SSSR count). The van der Waals surface area contributed by atoms with Crippen LogP contribution in [-0.2, 0) is 6.54 Å². The minimum atomic E-state index is 0.115. The van der Waals surface area contributed by atoms with Crippen molar-refractivity contribution in [1.82, 2.24) is 4.90 Å². The molecule has 0 saturated heterocycles. The molecule has 0 N–H and O–H groups in total. The number of likely N-dealkylation sites (N-methyl/N-ethyl adjacent to an activating group) is 1. The molecular formula is C15H16BrNO2S. The number of Topliss-reactive ketones (excluding diaryl/α,β-unsaturated/α-hetero) is 1. The Morgan fingerprint density at radius 1 is 1.35 bits per heavy atom. The smallest absolute Gasteiger partial charge is 0.176 e. The van der Waals surface area contributed by atoms with E-state index in [2.05, 4.69) is 27.4 Å². The van der Waals surface area contributed by atoms with Gasteiger partial charge in [0.05, 0.1) is 17.4 Å². The third kappa shape index (κ3) is 4.16. The Labute approximate surface area is 131 Å². The Balaban J connectivity index is 1.92. The molecule has 2 aromatic rings. The SMILES string of the molecule is COc1ccc(C(=O)CN(C)Cc2csc(Br)c2)cc1. The van der Waals surface area contributed by atoms with E-state index in [1.54, 1.807) is 30.6 Å². The third-order valence-electron chi connectivity index (χ3n) is 2.90. The van der Waals surface area contributed by atoms with Gasteiger partial charge in [-0.2, -0.15) is 0 Å². The molecule has 20 heavy (non-hydrogen) atoms. The van der Waals surface area contributed by atoms with Crippen LogP contribution in [0.3, 0.4) is 0 Å². The molecule has 1 aromatic carbocycles. The zero-order chi connectivity index (χ0) is 14.5. The van der Waals surface area contributed by atoms with Gasteiger partial charge in [0.1, 0.15) is 5.75 Å². The summed E-state index contributed by atoms with van der Waals surface area (Å²) >= 11 is 5.10. The fraction of sp³-hybridized carbons (Fsp3) is 0.267. The second-order valence-electron chi connectivity index (χ2n) is 4.58. The van der Waals surface area contributed by atoms with Crippen molar-refractivity contribution in [2.75, 3.05) is 20.7 Å². The number of ketones is 1. The lowest BCUT2D eigenvalue weighted by atomic mass is 10.1. The van der Waals surface area contributed by atoms with Crippen LogP contribution in [-0.4, -0.2) is 31.4 Å². The lowest BCUT2D eigenvalue weighted by Crippen LogP contribution is -2.25. The molecule has 1 aromatic heterocycles. The topological polar surface area (TPSA) is 29.5 Å². The van der Waals surface area contributed by atoms with Crippen LogP contribution in [0.2, 0.25) is 0 Å². The Morgan fingerprint density at radius 2 is 2.05 bits per heavy atom. The average Bonchev–Trinajstić information content (AvgIpc) is 2.84. The van der Waals surface area contributed by atoms with Gasteiger partial charge < -0.3 is 4.74 Å². The number of carbonyl (C=O) groups is 1. The van der Waals surface area contributed by atoms with E-state index in [0.717, 1.165) is 16.1 Å². The van der Waals surface area contributed by atoms with Crippen molar-refractivity contribution in [2.24, 2.45) is 0 Å². The molecule has 0 bridgehead atoms. The van der Waals surface area contributed by atoms with Gasteiger partial charge in [0.2, 0.25) is 0 Å². The van der Waals surface area contributed by atoms with Crippen LogP contribution in [0.15, 0.2) is 39.5 Å². The van der Waals surface area contributed by atoms with Crippen LogP contribution in [0.1, 0.15) is 15.9 Å². The maximum absolute atomic E-state index is 12.2. The number of hydrogen-bond donors (Lipinski definition) is 0. The largest absolute Gasteiger partial charge is 0.497 e. The molecule has 3 nitrogen and oxygen atoms in total. The summed E-state index contributed by atoms with van der Waals surface area (Å²) in [5.41, 5.74) is 1.93. The summed E-state index contributed by atoms with van der Waals surface area (Å²) in [5, 5.41) is 2.10. The summed E-state index contributed by atoms with van der Waals surface area (Å²) in [6, 6.07) is 9.30. The Bertz CT molecular complexity index is 580. The fourth-order valence-corrected chi connectivity index (χ4v) is 3.11. The highest BCUT2D eigenvalue weighted by atomic mass is 79.9. The van der Waals surface area contributed by atoms with Crippen molar-refractivity contribution in [1.29, 1.82) is 0 Å². The van der Waals surface area contributed by atoms with Crippen molar-refractivity contribution in [3.05, 3.63) is 50.6 Å². The van der Waals surface area contributed by atoms with Crippen LogP contribution < -0.4 is 4.74 Å². The second-order valence-corrected chi connectivity index (χ2v) is 6.87. The molecule has 0 atom stereocenters. The van der Waals surface area contributed by atoms with Crippen molar-refractivity contribution in [2.45, 2.75) is 6.54 Å². The Hall–Kier alpha value is -1.17. The van der Waals surface area contributed by atoms with E-state index in [0.29, 0.717) is 12.1 Å². The number of ether oxygens (including phenoxy) is 1. The lowest BCUT2D eigenvalue weighted by Gasteiger charge is -2.15. The van der Waals surface area contributed by atoms with Gasteiger partial charge in [-0.1, -0.05) is 0 Å². The second kappa shape index (κ2) is 7.02. The van der Waals surface area contributed by atoms with Crippen molar-refractivity contribution >= 4 is 33.0 Å². The normalized spacial score (nSPS) is 10.8. The zero-order valence-corrected chi connectivity index (χ0v) is 13.8. The highest BCUT2D eigenvalue weighted by molar-refractivity contribution is 9.11. The Morgan fingerprint density at radius 3 is 2.60 bits per heavy atom. The van der Waals surface area contributed by atoms with Gasteiger partial charge in [-0.05, 0) is 64.3 Å². The summed E-state index contributed by atoms with van der Waals surface area (Å²) in [6.07, 6.45) is 0. The third-order valence-corrected chi connectivity index (χ3v) is 4.45. The molecule has 0 unspecified atom stereocenters. The van der Waals surface area contributed by atoms with E-state index in [1.807, 2.05) is 24.1 Å². The van der Waals surface area contributed by atoms with E-state index in [1.165, 1.54) is 5.56 Å². The van der Waals surface area contributed by atoms with Gasteiger partial charge in [-0.3, -0.25) is 9.69 Å². The summed E-state index contributed by atoms with van der Waals surface area (Å²) < 4.78 is 6.20. The van der Waals surface area contributed by atoms with Crippen LogP contribution in [0, 0.1) is 0 Å². The molecule has 0 saturated carbocycles. The number of carbonyl (C=O) groups excluding carboxylic acids is 1. The van der Waals surface area contributed by atoms with Gasteiger partial charge in [0, 0.05) is 12.1 Å². The van der Waals surface area contributed by atoms with Gasteiger partial charge in [-0.25, -0.2) is 0 Å². The first-order chi connectivity index (χ1) is 9.58. The molecule has 0 spiro atoms. The number of nitrogens with zero attached hydrogens (tertiary/aromatic N) is 1. The van der Waals surface area contributed by atoms with Crippen LogP contribution in [0.5, 0.6) is 5.75 Å². The van der Waals surface area contributed by atoms with Gasteiger partial charge in [-0.15, -0.1) is 11.3 Å². The molecular weight excluding hydrogens is 338 g/mol. The number of benzene rings is 1. The van der Waals surface area contributed by atoms with Crippen LogP contribution >= 0.6 is 27.3 Å². The number of methoxy groups -OCH3 is 1. The first-order valence-corrected chi connectivity index (χ1v) is 7.84. The van der Waals surface area contributed by atoms with Gasteiger partial charge >= 0.3 is 0 Å². The highest BCUT2D eigenvalue weighted by Crippen LogP contribution is 2.21.